The van der Waals surface area contributed by atoms with Crippen molar-refractivity contribution < 1.29 is 13.5 Å². The summed E-state index contributed by atoms with van der Waals surface area (Å²) in [4.78, 5) is 3.95. The first-order valence-corrected chi connectivity index (χ1v) is 9.11. The highest BCUT2D eigenvalue weighted by Crippen LogP contribution is 2.26. The number of hydrogen-bond donors (Lipinski definition) is 2. The van der Waals surface area contributed by atoms with Crippen LogP contribution in [0.2, 0.25) is 0 Å². The van der Waals surface area contributed by atoms with E-state index in [0.29, 0.717) is 0 Å². The first-order chi connectivity index (χ1) is 11.9. The number of aromatic nitrogens is 1. The quantitative estimate of drug-likeness (QED) is 0.698. The van der Waals surface area contributed by atoms with Gasteiger partial charge in [-0.05, 0) is 55.8 Å². The highest BCUT2D eigenvalue weighted by atomic mass is 32.2. The summed E-state index contributed by atoms with van der Waals surface area (Å²) in [5.41, 5.74) is 2.01. The van der Waals surface area contributed by atoms with Crippen molar-refractivity contribution in [2.75, 3.05) is 4.72 Å². The van der Waals surface area contributed by atoms with Crippen molar-refractivity contribution in [2.45, 2.75) is 18.7 Å². The van der Waals surface area contributed by atoms with E-state index in [-0.39, 0.29) is 16.3 Å². The van der Waals surface area contributed by atoms with E-state index < -0.39 is 10.0 Å². The van der Waals surface area contributed by atoms with E-state index >= 15 is 0 Å². The minimum Gasteiger partial charge on any atom is -0.506 e. The predicted octanol–water partition coefficient (Wildman–Crippen LogP) is 3.89. The molecule has 0 bridgehead atoms. The Balaban J connectivity index is 0.000000316. The van der Waals surface area contributed by atoms with E-state index in [1.807, 2.05) is 32.0 Å². The van der Waals surface area contributed by atoms with Gasteiger partial charge in [-0.15, -0.1) is 0 Å². The molecule has 0 aliphatic carbocycles. The number of nitrogens with zero attached hydrogens (tertiary/aromatic N) is 1. The lowest BCUT2D eigenvalue weighted by Crippen LogP contribution is -2.13. The SMILES string of the molecule is Cc1ccc(S(=O)(=O)Nc2ccc(C)cc2O)cc1.c1ccncc1. The van der Waals surface area contributed by atoms with Crippen LogP contribution in [0, 0.1) is 13.8 Å². The number of benzene rings is 2. The summed E-state index contributed by atoms with van der Waals surface area (Å²) in [5, 5.41) is 9.72. The van der Waals surface area contributed by atoms with E-state index in [1.54, 1.807) is 30.6 Å². The van der Waals surface area contributed by atoms with Gasteiger partial charge in [0.25, 0.3) is 10.0 Å². The van der Waals surface area contributed by atoms with Gasteiger partial charge in [-0.1, -0.05) is 29.8 Å². The monoisotopic (exact) mass is 356 g/mol. The number of nitrogens with one attached hydrogen (secondary N) is 1. The molecule has 2 aromatic carbocycles. The third-order valence-corrected chi connectivity index (χ3v) is 4.68. The Kier molecular flexibility index (Phi) is 6.14. The summed E-state index contributed by atoms with van der Waals surface area (Å²) >= 11 is 0. The fourth-order valence-corrected chi connectivity index (χ4v) is 3.04. The molecule has 0 unspecified atom stereocenters. The Bertz CT molecular complexity index is 882. The predicted molar refractivity (Wildman–Crippen MR) is 99.1 cm³/mol. The standard InChI is InChI=1S/C14H15NO3S.C5H5N/c1-10-3-6-12(7-4-10)19(17,18)15-13-8-5-11(2)9-14(13)16;1-2-4-6-5-3-1/h3-9,15-16H,1-2H3;1-5H. The minimum absolute atomic E-state index is 0.0873. The van der Waals surface area contributed by atoms with Crippen LogP contribution in [0.3, 0.4) is 0 Å². The van der Waals surface area contributed by atoms with Crippen LogP contribution < -0.4 is 4.72 Å². The third kappa shape index (κ3) is 5.61. The summed E-state index contributed by atoms with van der Waals surface area (Å²) in [6, 6.07) is 17.0. The number of phenolic OH excluding ortho intramolecular Hbond substituents is 1. The Hall–Kier alpha value is -2.86. The molecule has 130 valence electrons. The van der Waals surface area contributed by atoms with Gasteiger partial charge in [-0.25, -0.2) is 8.42 Å². The van der Waals surface area contributed by atoms with Gasteiger partial charge in [0.2, 0.25) is 0 Å². The molecule has 0 amide bonds. The second-order valence-electron chi connectivity index (χ2n) is 5.46. The van der Waals surface area contributed by atoms with Gasteiger partial charge in [0, 0.05) is 12.4 Å². The van der Waals surface area contributed by atoms with Crippen LogP contribution >= 0.6 is 0 Å². The molecule has 6 heteroatoms. The number of rotatable bonds is 3. The third-order valence-electron chi connectivity index (χ3n) is 3.30. The zero-order valence-electron chi connectivity index (χ0n) is 14.0. The first-order valence-electron chi connectivity index (χ1n) is 7.62. The van der Waals surface area contributed by atoms with Crippen LogP contribution in [0.25, 0.3) is 0 Å². The first kappa shape index (κ1) is 18.5. The van der Waals surface area contributed by atoms with Crippen molar-refractivity contribution in [3.05, 3.63) is 84.2 Å². The van der Waals surface area contributed by atoms with Crippen LogP contribution in [0.15, 0.2) is 78.0 Å². The second kappa shape index (κ2) is 8.30. The van der Waals surface area contributed by atoms with Gasteiger partial charge in [0.05, 0.1) is 10.6 Å². The van der Waals surface area contributed by atoms with Gasteiger partial charge in [0.15, 0.2) is 0 Å². The Morgan fingerprint density at radius 1 is 0.880 bits per heavy atom. The normalized spacial score (nSPS) is 10.5. The molecule has 25 heavy (non-hydrogen) atoms. The Morgan fingerprint density at radius 2 is 1.48 bits per heavy atom. The topological polar surface area (TPSA) is 79.3 Å². The van der Waals surface area contributed by atoms with Gasteiger partial charge < -0.3 is 5.11 Å². The van der Waals surface area contributed by atoms with E-state index in [0.717, 1.165) is 11.1 Å². The molecule has 3 rings (SSSR count). The van der Waals surface area contributed by atoms with Gasteiger partial charge >= 0.3 is 0 Å². The molecule has 5 nitrogen and oxygen atoms in total. The number of pyridine rings is 1. The summed E-state index contributed by atoms with van der Waals surface area (Å²) in [6.07, 6.45) is 3.50. The number of aromatic hydroxyl groups is 1. The lowest BCUT2D eigenvalue weighted by atomic mass is 10.2. The maximum absolute atomic E-state index is 12.1. The molecule has 0 spiro atoms. The van der Waals surface area contributed by atoms with Crippen molar-refractivity contribution >= 4 is 15.7 Å². The van der Waals surface area contributed by atoms with Gasteiger partial charge in [-0.2, -0.15) is 0 Å². The molecule has 1 heterocycles. The smallest absolute Gasteiger partial charge is 0.262 e. The van der Waals surface area contributed by atoms with Crippen molar-refractivity contribution in [3.63, 3.8) is 0 Å². The average Bonchev–Trinajstić information content (AvgIpc) is 2.60. The molecule has 0 aliphatic heterocycles. The number of hydrogen-bond acceptors (Lipinski definition) is 4. The summed E-state index contributed by atoms with van der Waals surface area (Å²) in [7, 11) is -3.68. The lowest BCUT2D eigenvalue weighted by Gasteiger charge is -2.10. The Morgan fingerprint density at radius 3 is 1.96 bits per heavy atom. The molecule has 0 saturated carbocycles. The van der Waals surface area contributed by atoms with Gasteiger partial charge in [-0.3, -0.25) is 9.71 Å². The van der Waals surface area contributed by atoms with Crippen LogP contribution in [0.1, 0.15) is 11.1 Å². The minimum atomic E-state index is -3.68. The highest BCUT2D eigenvalue weighted by Gasteiger charge is 2.15. The van der Waals surface area contributed by atoms with Crippen molar-refractivity contribution in [2.24, 2.45) is 0 Å². The maximum Gasteiger partial charge on any atom is 0.262 e. The van der Waals surface area contributed by atoms with E-state index in [1.165, 1.54) is 24.3 Å². The molecule has 1 aromatic heterocycles. The highest BCUT2D eigenvalue weighted by molar-refractivity contribution is 7.92. The molecule has 0 fully saturated rings. The van der Waals surface area contributed by atoms with Crippen molar-refractivity contribution in [1.82, 2.24) is 4.98 Å². The van der Waals surface area contributed by atoms with Crippen molar-refractivity contribution in [1.29, 1.82) is 0 Å². The molecule has 0 atom stereocenters. The molecule has 2 N–H and O–H groups in total. The van der Waals surface area contributed by atoms with Crippen LogP contribution in [-0.4, -0.2) is 18.5 Å². The van der Waals surface area contributed by atoms with Crippen LogP contribution in [0.4, 0.5) is 5.69 Å². The fraction of sp³-hybridized carbons (Fsp3) is 0.105. The zero-order valence-corrected chi connectivity index (χ0v) is 14.9. The molecular formula is C19H20N2O3S. The largest absolute Gasteiger partial charge is 0.506 e. The lowest BCUT2D eigenvalue weighted by molar-refractivity contribution is 0.477. The van der Waals surface area contributed by atoms with E-state index in [9.17, 15) is 13.5 Å². The average molecular weight is 356 g/mol. The van der Waals surface area contributed by atoms with Crippen LogP contribution in [-0.2, 0) is 10.0 Å². The van der Waals surface area contributed by atoms with Crippen LogP contribution in [0.5, 0.6) is 5.75 Å². The molecule has 3 aromatic rings. The summed E-state index contributed by atoms with van der Waals surface area (Å²) < 4.78 is 26.6. The Labute approximate surface area is 148 Å². The van der Waals surface area contributed by atoms with Crippen molar-refractivity contribution in [3.8, 4) is 5.75 Å². The number of phenols is 1. The molecule has 0 saturated heterocycles. The molecule has 0 radical (unpaired) electrons. The molecular weight excluding hydrogens is 336 g/mol. The zero-order chi connectivity index (χ0) is 18.3. The number of aryl methyl sites for hydroxylation is 2. The number of sulfonamides is 1. The van der Waals surface area contributed by atoms with Gasteiger partial charge in [0.1, 0.15) is 5.75 Å². The number of anilines is 1. The molecule has 0 aliphatic rings. The van der Waals surface area contributed by atoms with E-state index in [4.69, 9.17) is 0 Å². The second-order valence-corrected chi connectivity index (χ2v) is 7.15. The summed E-state index contributed by atoms with van der Waals surface area (Å²) in [5.74, 6) is -0.0873. The fourth-order valence-electron chi connectivity index (χ4n) is 1.96. The van der Waals surface area contributed by atoms with E-state index in [2.05, 4.69) is 9.71 Å². The maximum atomic E-state index is 12.1. The summed E-state index contributed by atoms with van der Waals surface area (Å²) in [6.45, 7) is 3.70.